The molecule has 0 aromatic rings. The minimum atomic E-state index is -3.91. The van der Waals surface area contributed by atoms with Gasteiger partial charge in [-0.25, -0.2) is 0 Å². The van der Waals surface area contributed by atoms with Crippen molar-refractivity contribution in [3.8, 4) is 17.3 Å². The standard InChI is InChI=1S/C4H3O4PS/c1-2-3-8-10(6,7)4-9-5/h1H,3H2. The Morgan fingerprint density at radius 1 is 1.60 bits per heavy atom. The average molecular weight is 178 g/mol. The summed E-state index contributed by atoms with van der Waals surface area (Å²) in [4.78, 5) is 1.53. The molecule has 0 saturated carbocycles. The van der Waals surface area contributed by atoms with E-state index in [1.54, 1.807) is 0 Å². The van der Waals surface area contributed by atoms with Gasteiger partial charge in [0.25, 0.3) is 0 Å². The van der Waals surface area contributed by atoms with Gasteiger partial charge in [0.1, 0.15) is 0 Å². The van der Waals surface area contributed by atoms with Gasteiger partial charge in [0, 0.05) is 0 Å². The number of hydrogen-bond acceptors (Lipinski definition) is 4. The maximum atomic E-state index is 10.4. The summed E-state index contributed by atoms with van der Waals surface area (Å²) in [5.41, 5.74) is 0. The normalized spacial score (nSPS) is 9.50. The van der Waals surface area contributed by atoms with Gasteiger partial charge >= 0.3 is 59.1 Å². The molecule has 0 aromatic carbocycles. The third-order valence-corrected chi connectivity index (χ3v) is 2.07. The third-order valence-electron chi connectivity index (χ3n) is 0.446. The molecule has 0 amide bonds. The molecule has 0 radical (unpaired) electrons. The summed E-state index contributed by atoms with van der Waals surface area (Å²) in [7, 11) is -4.65. The van der Waals surface area contributed by atoms with Crippen molar-refractivity contribution in [1.29, 1.82) is 0 Å². The molecule has 0 aromatic heterocycles. The molecule has 0 atom stereocenters. The van der Waals surface area contributed by atoms with Gasteiger partial charge in [-0.3, -0.25) is 0 Å². The Morgan fingerprint density at radius 2 is 2.20 bits per heavy atom. The summed E-state index contributed by atoms with van der Waals surface area (Å²) in [6, 6.07) is 0. The molecule has 0 fully saturated rings. The first-order chi connectivity index (χ1) is 4.62. The molecule has 0 aliphatic heterocycles. The summed E-state index contributed by atoms with van der Waals surface area (Å²) in [6.07, 6.45) is 4.68. The fourth-order valence-electron chi connectivity index (χ4n) is 0.184. The van der Waals surface area contributed by atoms with Gasteiger partial charge in [0.2, 0.25) is 0 Å². The zero-order chi connectivity index (χ0) is 8.04. The molecule has 6 heteroatoms. The second kappa shape index (κ2) is 4.32. The first-order valence-corrected chi connectivity index (χ1v) is 4.26. The molecule has 0 bridgehead atoms. The quantitative estimate of drug-likeness (QED) is 0.343. The molecule has 0 rings (SSSR count). The molecule has 0 spiro atoms. The van der Waals surface area contributed by atoms with Crippen molar-refractivity contribution in [3.63, 3.8) is 0 Å². The first-order valence-electron chi connectivity index (χ1n) is 2.04. The second-order valence-corrected chi connectivity index (χ2v) is 3.16. The van der Waals surface area contributed by atoms with Crippen molar-refractivity contribution in [2.45, 2.75) is 0 Å². The zero-order valence-electron chi connectivity index (χ0n) is 4.77. The van der Waals surface area contributed by atoms with Crippen LogP contribution in [0.4, 0.5) is 0 Å². The van der Waals surface area contributed by atoms with Crippen molar-refractivity contribution in [2.24, 2.45) is 0 Å². The zero-order valence-corrected chi connectivity index (χ0v) is 6.48. The van der Waals surface area contributed by atoms with Crippen LogP contribution in [0.1, 0.15) is 0 Å². The van der Waals surface area contributed by atoms with Crippen LogP contribution in [0, 0.1) is 17.3 Å². The van der Waals surface area contributed by atoms with E-state index < -0.39 is 18.0 Å². The molecule has 0 N–H and O–H groups in total. The van der Waals surface area contributed by atoms with Crippen LogP contribution in [0.25, 0.3) is 0 Å². The Morgan fingerprint density at radius 3 is 2.60 bits per heavy atom. The van der Waals surface area contributed by atoms with E-state index in [9.17, 15) is 13.0 Å². The van der Waals surface area contributed by atoms with Crippen LogP contribution in [0.5, 0.6) is 0 Å². The monoisotopic (exact) mass is 178 g/mol. The number of rotatable bonds is 2. The average Bonchev–Trinajstić information content (AvgIpc) is 1.84. The van der Waals surface area contributed by atoms with E-state index in [0.717, 1.165) is 0 Å². The van der Waals surface area contributed by atoms with Crippen LogP contribution < -0.4 is 0 Å². The van der Waals surface area contributed by atoms with Gasteiger partial charge in [-0.15, -0.1) is 0 Å². The summed E-state index contributed by atoms with van der Waals surface area (Å²) in [5.74, 6) is 1.94. The van der Waals surface area contributed by atoms with Gasteiger partial charge in [0.15, 0.2) is 0 Å². The van der Waals surface area contributed by atoms with Crippen LogP contribution in [0.15, 0.2) is 0 Å². The molecule has 54 valence electrons. The van der Waals surface area contributed by atoms with E-state index in [1.165, 1.54) is 4.96 Å². The van der Waals surface area contributed by atoms with Crippen molar-refractivity contribution in [1.82, 2.24) is 0 Å². The summed E-state index contributed by atoms with van der Waals surface area (Å²) < 4.78 is 34.4. The van der Waals surface area contributed by atoms with Crippen LogP contribution in [-0.2, 0) is 18.9 Å². The molecule has 0 saturated heterocycles. The Hall–Kier alpha value is -0.520. The number of hydrogen-bond donors (Lipinski definition) is 0. The predicted octanol–water partition coefficient (Wildman–Crippen LogP) is 0.174. The maximum absolute atomic E-state index is 10.4. The SMILES string of the molecule is C#CCOS(=O)(=O)C#P=O. The third kappa shape index (κ3) is 4.37. The first kappa shape index (κ1) is 9.48. The van der Waals surface area contributed by atoms with E-state index in [1.807, 2.05) is 5.92 Å². The number of terminal acetylenes is 1. The molecule has 0 heterocycles. The fraction of sp³-hybridized carbons (Fsp3) is 0.250. The molecule has 0 unspecified atom stereocenters. The molecular weight excluding hydrogens is 175 g/mol. The molecule has 10 heavy (non-hydrogen) atoms. The molecular formula is C4H3O4PS. The van der Waals surface area contributed by atoms with Gasteiger partial charge in [-0.05, 0) is 0 Å². The molecule has 0 aliphatic rings. The van der Waals surface area contributed by atoms with Gasteiger partial charge in [-0.1, -0.05) is 0 Å². The summed E-state index contributed by atoms with van der Waals surface area (Å²) in [5, 5.41) is 0. The minimum absolute atomic E-state index is 0.370. The van der Waals surface area contributed by atoms with Gasteiger partial charge in [-0.2, -0.15) is 0 Å². The van der Waals surface area contributed by atoms with Crippen LogP contribution in [0.3, 0.4) is 0 Å². The molecule has 4 nitrogen and oxygen atoms in total. The van der Waals surface area contributed by atoms with Crippen molar-refractivity contribution >= 4 is 18.0 Å². The van der Waals surface area contributed by atoms with Crippen LogP contribution in [-0.4, -0.2) is 15.0 Å². The van der Waals surface area contributed by atoms with Crippen molar-refractivity contribution < 1.29 is 17.2 Å². The van der Waals surface area contributed by atoms with Crippen LogP contribution in [0.2, 0.25) is 0 Å². The van der Waals surface area contributed by atoms with E-state index in [4.69, 9.17) is 0 Å². The van der Waals surface area contributed by atoms with Crippen molar-refractivity contribution in [3.05, 3.63) is 0 Å². The van der Waals surface area contributed by atoms with E-state index >= 15 is 0 Å². The fourth-order valence-corrected chi connectivity index (χ4v) is 0.983. The van der Waals surface area contributed by atoms with Gasteiger partial charge in [0.05, 0.1) is 0 Å². The molecule has 0 aliphatic carbocycles. The second-order valence-electron chi connectivity index (χ2n) is 1.10. The van der Waals surface area contributed by atoms with Crippen molar-refractivity contribution in [2.75, 3.05) is 6.61 Å². The van der Waals surface area contributed by atoms with E-state index in [-0.39, 0.29) is 6.61 Å². The summed E-state index contributed by atoms with van der Waals surface area (Å²) >= 11 is 0. The topological polar surface area (TPSA) is 60.4 Å². The van der Waals surface area contributed by atoms with Crippen LogP contribution >= 0.6 is 7.92 Å². The predicted molar refractivity (Wildman–Crippen MR) is 35.2 cm³/mol. The summed E-state index contributed by atoms with van der Waals surface area (Å²) in [6.45, 7) is -0.370. The van der Waals surface area contributed by atoms with E-state index in [2.05, 4.69) is 10.6 Å². The van der Waals surface area contributed by atoms with E-state index in [0.29, 0.717) is 0 Å². The Bertz CT molecular complexity index is 329. The Labute approximate surface area is 59.8 Å². The Kier molecular flexibility index (Phi) is 4.10. The van der Waals surface area contributed by atoms with Gasteiger partial charge < -0.3 is 0 Å². The Balaban J connectivity index is 4.29.